The first-order valence-corrected chi connectivity index (χ1v) is 13.2. The number of benzene rings is 2. The highest BCUT2D eigenvalue weighted by Gasteiger charge is 2.36. The lowest BCUT2D eigenvalue weighted by molar-refractivity contribution is 0.0504. The molecule has 2 aromatic carbocycles. The predicted octanol–water partition coefficient (Wildman–Crippen LogP) is 4.25. The van der Waals surface area contributed by atoms with E-state index in [-0.39, 0.29) is 6.03 Å². The molecule has 0 saturated heterocycles. The number of hydrogen-bond acceptors (Lipinski definition) is 5. The molecule has 37 heavy (non-hydrogen) atoms. The van der Waals surface area contributed by atoms with Crippen molar-refractivity contribution in [1.29, 1.82) is 0 Å². The molecule has 8 nitrogen and oxygen atoms in total. The maximum Gasteiger partial charge on any atom is 0.404 e. The summed E-state index contributed by atoms with van der Waals surface area (Å²) in [6.07, 6.45) is 0.627. The summed E-state index contributed by atoms with van der Waals surface area (Å²) in [7, 11) is 0. The van der Waals surface area contributed by atoms with Crippen molar-refractivity contribution < 1.29 is 19.8 Å². The summed E-state index contributed by atoms with van der Waals surface area (Å²) in [5.41, 5.74) is 3.17. The number of rotatable bonds is 11. The van der Waals surface area contributed by atoms with Crippen LogP contribution in [0.5, 0.6) is 0 Å². The molecule has 0 fully saturated rings. The minimum absolute atomic E-state index is 0.305. The predicted molar refractivity (Wildman–Crippen MR) is 146 cm³/mol. The van der Waals surface area contributed by atoms with E-state index in [9.17, 15) is 19.8 Å². The quantitative estimate of drug-likeness (QED) is 0.257. The van der Waals surface area contributed by atoms with Crippen LogP contribution >= 0.6 is 11.3 Å². The summed E-state index contributed by atoms with van der Waals surface area (Å²) in [6, 6.07) is 17.6. The van der Waals surface area contributed by atoms with E-state index in [4.69, 9.17) is 0 Å². The summed E-state index contributed by atoms with van der Waals surface area (Å²) >= 11 is 1.46. The van der Waals surface area contributed by atoms with E-state index in [1.54, 1.807) is 11.7 Å². The summed E-state index contributed by atoms with van der Waals surface area (Å²) in [5, 5.41) is 29.9. The molecule has 9 heteroatoms. The van der Waals surface area contributed by atoms with Crippen LogP contribution < -0.4 is 16.0 Å². The van der Waals surface area contributed by atoms with Crippen molar-refractivity contribution in [2.45, 2.75) is 63.8 Å². The van der Waals surface area contributed by atoms with E-state index in [1.807, 2.05) is 81.4 Å². The van der Waals surface area contributed by atoms with E-state index >= 15 is 0 Å². The SMILES string of the molecule is CC(C)(C)NC(=O)N[C@@H](Cc1ccccc1)C(Cc1cncs1)[C@@H](O)[C@H](Cc1ccccc1)NC(=O)O. The van der Waals surface area contributed by atoms with Crippen molar-refractivity contribution >= 4 is 23.5 Å². The summed E-state index contributed by atoms with van der Waals surface area (Å²) in [5.74, 6) is -0.507. The topological polar surface area (TPSA) is 124 Å². The molecule has 4 atom stereocenters. The average Bonchev–Trinajstić information content (AvgIpc) is 3.34. The van der Waals surface area contributed by atoms with E-state index in [0.29, 0.717) is 19.3 Å². The van der Waals surface area contributed by atoms with Crippen LogP contribution in [-0.2, 0) is 19.3 Å². The number of carbonyl (C=O) groups is 2. The second-order valence-electron chi connectivity index (χ2n) is 10.2. The highest BCUT2D eigenvalue weighted by molar-refractivity contribution is 7.09. The molecular formula is C28H36N4O4S. The van der Waals surface area contributed by atoms with Crippen molar-refractivity contribution in [2.24, 2.45) is 5.92 Å². The minimum atomic E-state index is -1.21. The van der Waals surface area contributed by atoms with Crippen molar-refractivity contribution in [2.75, 3.05) is 0 Å². The number of amides is 3. The second kappa shape index (κ2) is 13.2. The fourth-order valence-electron chi connectivity index (χ4n) is 4.38. The van der Waals surface area contributed by atoms with Crippen LogP contribution in [0, 0.1) is 5.92 Å². The minimum Gasteiger partial charge on any atom is -0.465 e. The van der Waals surface area contributed by atoms with Crippen LogP contribution in [0.3, 0.4) is 0 Å². The molecule has 0 radical (unpaired) electrons. The average molecular weight is 525 g/mol. The summed E-state index contributed by atoms with van der Waals surface area (Å²) < 4.78 is 0. The van der Waals surface area contributed by atoms with Gasteiger partial charge in [-0.2, -0.15) is 0 Å². The Balaban J connectivity index is 1.97. The Kier molecular flexibility index (Phi) is 10.0. The molecule has 1 aromatic heterocycles. The first-order chi connectivity index (χ1) is 17.6. The summed E-state index contributed by atoms with van der Waals surface area (Å²) in [6.45, 7) is 5.69. The first kappa shape index (κ1) is 28.1. The number of aliphatic hydroxyl groups is 1. The largest absolute Gasteiger partial charge is 0.465 e. The van der Waals surface area contributed by atoms with Gasteiger partial charge >= 0.3 is 12.1 Å². The number of hydrogen-bond donors (Lipinski definition) is 5. The molecule has 5 N–H and O–H groups in total. The molecule has 0 bridgehead atoms. The van der Waals surface area contributed by atoms with E-state index in [0.717, 1.165) is 16.0 Å². The fourth-order valence-corrected chi connectivity index (χ4v) is 5.05. The lowest BCUT2D eigenvalue weighted by atomic mass is 9.81. The Morgan fingerprint density at radius 3 is 1.95 bits per heavy atom. The maximum absolute atomic E-state index is 13.0. The van der Waals surface area contributed by atoms with Crippen LogP contribution in [0.1, 0.15) is 36.8 Å². The van der Waals surface area contributed by atoms with Gasteiger partial charge in [0.05, 0.1) is 17.7 Å². The van der Waals surface area contributed by atoms with Gasteiger partial charge in [-0.1, -0.05) is 60.7 Å². The molecule has 0 saturated carbocycles. The van der Waals surface area contributed by atoms with Gasteiger partial charge in [0, 0.05) is 28.6 Å². The monoisotopic (exact) mass is 524 g/mol. The molecular weight excluding hydrogens is 488 g/mol. The number of aromatic nitrogens is 1. The van der Waals surface area contributed by atoms with Crippen molar-refractivity contribution in [3.63, 3.8) is 0 Å². The van der Waals surface area contributed by atoms with Crippen molar-refractivity contribution in [3.8, 4) is 0 Å². The number of thiazole rings is 1. The van der Waals surface area contributed by atoms with Gasteiger partial charge in [0.15, 0.2) is 0 Å². The van der Waals surface area contributed by atoms with Crippen molar-refractivity contribution in [3.05, 3.63) is 88.4 Å². The Hall–Kier alpha value is -3.43. The fraction of sp³-hybridized carbons (Fsp3) is 0.393. The lowest BCUT2D eigenvalue weighted by Gasteiger charge is -2.36. The Morgan fingerprint density at radius 1 is 0.892 bits per heavy atom. The van der Waals surface area contributed by atoms with Gasteiger partial charge in [-0.25, -0.2) is 9.59 Å². The molecule has 3 rings (SSSR count). The third-order valence-corrected chi connectivity index (χ3v) is 6.80. The number of nitrogens with one attached hydrogen (secondary N) is 3. The second-order valence-corrected chi connectivity index (χ2v) is 11.2. The van der Waals surface area contributed by atoms with Gasteiger partial charge < -0.3 is 26.2 Å². The van der Waals surface area contributed by atoms with E-state index < -0.39 is 35.7 Å². The number of aliphatic hydroxyl groups excluding tert-OH is 1. The normalized spacial score (nSPS) is 14.7. The van der Waals surface area contributed by atoms with Gasteiger partial charge in [0.2, 0.25) is 0 Å². The smallest absolute Gasteiger partial charge is 0.404 e. The van der Waals surface area contributed by atoms with Crippen LogP contribution in [0.4, 0.5) is 9.59 Å². The zero-order valence-corrected chi connectivity index (χ0v) is 22.2. The van der Waals surface area contributed by atoms with Crippen LogP contribution in [0.15, 0.2) is 72.4 Å². The lowest BCUT2D eigenvalue weighted by Crippen LogP contribution is -2.57. The molecule has 3 amide bonds. The molecule has 3 aromatic rings. The van der Waals surface area contributed by atoms with Gasteiger partial charge in [-0.15, -0.1) is 11.3 Å². The van der Waals surface area contributed by atoms with E-state index in [2.05, 4.69) is 20.9 Å². The zero-order chi connectivity index (χ0) is 26.8. The van der Waals surface area contributed by atoms with Gasteiger partial charge in [0.25, 0.3) is 0 Å². The standard InChI is InChI=1S/C28H36N4O4S/c1-28(2,3)32-26(34)30-23(14-19-10-6-4-7-11-19)22(16-21-17-29-18-37-21)25(33)24(31-27(35)36)15-20-12-8-5-9-13-20/h4-13,17-18,22-25,31,33H,14-16H2,1-3H3,(H,35,36)(H2,30,32,34)/t22?,23-,24-,25+/m0/s1. The molecule has 198 valence electrons. The third kappa shape index (κ3) is 9.51. The highest BCUT2D eigenvalue weighted by Crippen LogP contribution is 2.25. The Morgan fingerprint density at radius 2 is 1.46 bits per heavy atom. The molecule has 0 aliphatic rings. The Bertz CT molecular complexity index is 1100. The summed E-state index contributed by atoms with van der Waals surface area (Å²) in [4.78, 5) is 29.8. The molecule has 0 aliphatic heterocycles. The third-order valence-electron chi connectivity index (χ3n) is 6.00. The molecule has 0 aliphatic carbocycles. The van der Waals surface area contributed by atoms with Gasteiger partial charge in [-0.05, 0) is 51.2 Å². The Labute approximate surface area is 222 Å². The number of carboxylic acid groups (broad SMARTS) is 1. The maximum atomic E-state index is 13.0. The van der Waals surface area contributed by atoms with Crippen molar-refractivity contribution in [1.82, 2.24) is 20.9 Å². The molecule has 0 spiro atoms. The first-order valence-electron chi connectivity index (χ1n) is 12.3. The van der Waals surface area contributed by atoms with Crippen LogP contribution in [-0.4, -0.2) is 51.0 Å². The zero-order valence-electron chi connectivity index (χ0n) is 21.4. The highest BCUT2D eigenvalue weighted by atomic mass is 32.1. The van der Waals surface area contributed by atoms with E-state index in [1.165, 1.54) is 11.3 Å². The number of nitrogens with zero attached hydrogens (tertiary/aromatic N) is 1. The van der Waals surface area contributed by atoms with Crippen LogP contribution in [0.25, 0.3) is 0 Å². The van der Waals surface area contributed by atoms with Crippen LogP contribution in [0.2, 0.25) is 0 Å². The number of carbonyl (C=O) groups excluding carboxylic acids is 1. The number of urea groups is 1. The van der Waals surface area contributed by atoms with Gasteiger partial charge in [0.1, 0.15) is 0 Å². The molecule has 1 heterocycles. The molecule has 1 unspecified atom stereocenters. The van der Waals surface area contributed by atoms with Gasteiger partial charge in [-0.3, -0.25) is 4.98 Å².